The molecule has 0 fully saturated rings. The molecule has 0 spiro atoms. The lowest BCUT2D eigenvalue weighted by Gasteiger charge is -1.52. The molecule has 0 heterocycles. The average molecular weight is 63.0 g/mol. The van der Waals surface area contributed by atoms with Crippen LogP contribution in [-0.2, 0) is 9.74 Å². The smallest absolute Gasteiger partial charge is 0.242 e. The van der Waals surface area contributed by atoms with Crippen LogP contribution in [0.15, 0.2) is 0 Å². The van der Waals surface area contributed by atoms with Crippen molar-refractivity contribution in [2.24, 2.45) is 0 Å². The van der Waals surface area contributed by atoms with Crippen LogP contribution in [-0.4, -0.2) is 6.47 Å². The predicted octanol–water partition coefficient (Wildman–Crippen LogP) is -0.0453. The molecule has 23 valence electrons. The van der Waals surface area contributed by atoms with Gasteiger partial charge in [-0.05, 0) is 0 Å². The number of halogens is 1. The number of hydrogen-bond acceptors (Lipinski definition) is 2. The number of rotatable bonds is 1. The van der Waals surface area contributed by atoms with Crippen LogP contribution in [0.25, 0.3) is 0 Å². The number of hydrogen-bond donors (Lipinski definition) is 0. The first-order chi connectivity index (χ1) is 1.91. The zero-order chi connectivity index (χ0) is 3.41. The Kier molecular flexibility index (Phi) is 2.04. The van der Waals surface area contributed by atoms with Crippen LogP contribution in [0.3, 0.4) is 0 Å². The summed E-state index contributed by atoms with van der Waals surface area (Å²) < 4.78 is 9.80. The molecule has 0 bridgehead atoms. The monoisotopic (exact) mass is 63.0 g/mol. The predicted molar refractivity (Wildman–Crippen MR) is 7.89 cm³/mol. The highest BCUT2D eigenvalue weighted by molar-refractivity contribution is 5.36. The van der Waals surface area contributed by atoms with E-state index < -0.39 is 0 Å². The highest BCUT2D eigenvalue weighted by atomic mass is 19.3. The lowest BCUT2D eigenvalue weighted by molar-refractivity contribution is -0.0267. The summed E-state index contributed by atoms with van der Waals surface area (Å²) in [5.41, 5.74) is 0. The Morgan fingerprint density at radius 1 is 2.00 bits per heavy atom. The normalized spacial score (nSPS) is 5.25. The third-order valence-corrected chi connectivity index (χ3v) is 0.0315. The van der Waals surface area contributed by atoms with Crippen LogP contribution >= 0.6 is 0 Å². The fraction of sp³-hybridized carbons (Fsp3) is 0. The molecule has 0 aliphatic heterocycles. The second kappa shape index (κ2) is 2.40. The third-order valence-electron chi connectivity index (χ3n) is 0.0315. The van der Waals surface area contributed by atoms with Crippen LogP contribution in [0.2, 0.25) is 0 Å². The van der Waals surface area contributed by atoms with Gasteiger partial charge >= 0.3 is 6.47 Å². The van der Waals surface area contributed by atoms with Crippen molar-refractivity contribution in [3.8, 4) is 0 Å². The minimum absolute atomic E-state index is 0.514. The SMILES string of the molecule is O=[C]OF. The van der Waals surface area contributed by atoms with Gasteiger partial charge in [0.05, 0.1) is 0 Å². The van der Waals surface area contributed by atoms with Crippen molar-refractivity contribution >= 4 is 6.47 Å². The molecular formula is CFO2. The highest BCUT2D eigenvalue weighted by Crippen LogP contribution is 1.52. The van der Waals surface area contributed by atoms with Gasteiger partial charge in [0.15, 0.2) is 0 Å². The molecule has 0 saturated carbocycles. The van der Waals surface area contributed by atoms with Gasteiger partial charge in [-0.25, -0.2) is 9.74 Å². The lowest BCUT2D eigenvalue weighted by Crippen LogP contribution is -1.59. The first kappa shape index (κ1) is 3.40. The fourth-order valence-electron chi connectivity index (χ4n) is 0. The third kappa shape index (κ3) is 1.40. The van der Waals surface area contributed by atoms with Crippen LogP contribution < -0.4 is 0 Å². The minimum atomic E-state index is 0.514. The molecule has 0 saturated heterocycles. The maximum absolute atomic E-state index is 9.80. The zero-order valence-electron chi connectivity index (χ0n) is 1.69. The van der Waals surface area contributed by atoms with E-state index in [0.717, 1.165) is 0 Å². The van der Waals surface area contributed by atoms with Crippen molar-refractivity contribution in [1.29, 1.82) is 0 Å². The molecule has 0 aliphatic carbocycles. The molecule has 0 unspecified atom stereocenters. The number of carbonyl (C=O) groups excluding carboxylic acids is 1. The highest BCUT2D eigenvalue weighted by Gasteiger charge is 1.58. The summed E-state index contributed by atoms with van der Waals surface area (Å²) in [4.78, 5) is 10.7. The van der Waals surface area contributed by atoms with E-state index in [1.807, 2.05) is 0 Å². The Morgan fingerprint density at radius 2 is 2.25 bits per heavy atom. The minimum Gasteiger partial charge on any atom is -0.242 e. The van der Waals surface area contributed by atoms with Crippen molar-refractivity contribution in [2.75, 3.05) is 0 Å². The molecule has 0 amide bonds. The molecule has 0 aromatic rings. The molecule has 0 atom stereocenters. The average Bonchev–Trinajstić information content (AvgIpc) is 1.37. The molecule has 0 aromatic heterocycles. The van der Waals surface area contributed by atoms with E-state index in [1.165, 1.54) is 0 Å². The van der Waals surface area contributed by atoms with Crippen molar-refractivity contribution in [3.63, 3.8) is 0 Å². The Hall–Kier alpha value is -0.600. The van der Waals surface area contributed by atoms with Crippen molar-refractivity contribution in [1.82, 2.24) is 0 Å². The first-order valence-corrected chi connectivity index (χ1v) is 0.563. The standard InChI is InChI=1S/CFO2/c2-4-1-3. The summed E-state index contributed by atoms with van der Waals surface area (Å²) in [5, 5.41) is 0. The largest absolute Gasteiger partial charge is 0.459 e. The summed E-state index contributed by atoms with van der Waals surface area (Å²) in [6.45, 7) is 0.514. The van der Waals surface area contributed by atoms with Gasteiger partial charge < -0.3 is 0 Å². The summed E-state index contributed by atoms with van der Waals surface area (Å²) >= 11 is 0. The molecule has 0 aromatic carbocycles. The van der Waals surface area contributed by atoms with Crippen molar-refractivity contribution in [2.45, 2.75) is 0 Å². The zero-order valence-corrected chi connectivity index (χ0v) is 1.69. The molecule has 0 aliphatic rings. The fourth-order valence-corrected chi connectivity index (χ4v) is 0. The van der Waals surface area contributed by atoms with Crippen molar-refractivity contribution in [3.05, 3.63) is 0 Å². The van der Waals surface area contributed by atoms with E-state index >= 15 is 0 Å². The lowest BCUT2D eigenvalue weighted by atomic mass is 11.7. The molecule has 2 nitrogen and oxygen atoms in total. The Bertz CT molecular complexity index is 20.0. The Morgan fingerprint density at radius 3 is 2.25 bits per heavy atom. The second-order valence-corrected chi connectivity index (χ2v) is 0.160. The maximum Gasteiger partial charge on any atom is 0.459 e. The van der Waals surface area contributed by atoms with E-state index in [-0.39, 0.29) is 0 Å². The van der Waals surface area contributed by atoms with E-state index in [1.54, 1.807) is 0 Å². The van der Waals surface area contributed by atoms with E-state index in [2.05, 4.69) is 4.94 Å². The second-order valence-electron chi connectivity index (χ2n) is 0.160. The van der Waals surface area contributed by atoms with E-state index in [9.17, 15) is 4.53 Å². The summed E-state index contributed by atoms with van der Waals surface area (Å²) in [6.07, 6.45) is 0. The summed E-state index contributed by atoms with van der Waals surface area (Å²) in [5.74, 6) is 0. The first-order valence-electron chi connectivity index (χ1n) is 0.563. The van der Waals surface area contributed by atoms with Gasteiger partial charge in [0.2, 0.25) is 0 Å². The Labute approximate surface area is 22.1 Å². The van der Waals surface area contributed by atoms with Crippen LogP contribution in [0, 0.1) is 0 Å². The molecule has 0 rings (SSSR count). The molecule has 4 heavy (non-hydrogen) atoms. The van der Waals surface area contributed by atoms with Gasteiger partial charge in [-0.3, -0.25) is 0 Å². The van der Waals surface area contributed by atoms with Gasteiger partial charge in [0.25, 0.3) is 0 Å². The molecule has 0 N–H and O–H groups in total. The molecule has 1 radical (unpaired) electrons. The van der Waals surface area contributed by atoms with E-state index in [4.69, 9.17) is 4.79 Å². The summed E-state index contributed by atoms with van der Waals surface area (Å²) in [6, 6.07) is 0. The topological polar surface area (TPSA) is 26.3 Å². The Balaban J connectivity index is 2.30. The van der Waals surface area contributed by atoms with Crippen LogP contribution in [0.5, 0.6) is 0 Å². The summed E-state index contributed by atoms with van der Waals surface area (Å²) in [7, 11) is 0. The van der Waals surface area contributed by atoms with Gasteiger partial charge in [-0.1, -0.05) is 0 Å². The van der Waals surface area contributed by atoms with Crippen LogP contribution in [0.1, 0.15) is 0 Å². The van der Waals surface area contributed by atoms with Gasteiger partial charge in [-0.2, -0.15) is 0 Å². The van der Waals surface area contributed by atoms with Crippen LogP contribution in [0.4, 0.5) is 4.53 Å². The van der Waals surface area contributed by atoms with E-state index in [0.29, 0.717) is 6.47 Å². The van der Waals surface area contributed by atoms with Crippen molar-refractivity contribution < 1.29 is 14.3 Å². The quantitative estimate of drug-likeness (QED) is 0.426. The van der Waals surface area contributed by atoms with Gasteiger partial charge in [-0.15, -0.1) is 0 Å². The maximum atomic E-state index is 9.80. The van der Waals surface area contributed by atoms with Gasteiger partial charge in [0, 0.05) is 4.53 Å². The van der Waals surface area contributed by atoms with Gasteiger partial charge in [0.1, 0.15) is 0 Å². The molecular weight excluding hydrogens is 63.0 g/mol. The molecule has 3 heteroatoms.